The molecular weight excluding hydrogens is 231 g/mol. The molecule has 0 spiro atoms. The van der Waals surface area contributed by atoms with Crippen LogP contribution < -0.4 is 4.74 Å². The van der Waals surface area contributed by atoms with Gasteiger partial charge in [-0.2, -0.15) is 8.42 Å². The molecule has 0 aliphatic rings. The second kappa shape index (κ2) is 3.75. The van der Waals surface area contributed by atoms with Gasteiger partial charge in [-0.05, 0) is 12.1 Å². The molecule has 2 aromatic carbocycles. The molecule has 2 rings (SSSR count). The second-order valence-electron chi connectivity index (χ2n) is 3.25. The maximum absolute atomic E-state index is 13.0. The molecule has 0 aliphatic heterocycles. The van der Waals surface area contributed by atoms with Crippen molar-refractivity contribution in [2.24, 2.45) is 0 Å². The lowest BCUT2D eigenvalue weighted by Crippen LogP contribution is -1.94. The number of hydrogen-bond donors (Lipinski definition) is 0. The molecule has 0 heterocycles. The zero-order valence-electron chi connectivity index (χ0n) is 8.48. The largest absolute Gasteiger partial charge is 0.496 e. The molecule has 0 atom stereocenters. The van der Waals surface area contributed by atoms with Crippen LogP contribution in [0.1, 0.15) is 0 Å². The monoisotopic (exact) mass is 240 g/mol. The van der Waals surface area contributed by atoms with Gasteiger partial charge in [0.05, 0.1) is 7.11 Å². The van der Waals surface area contributed by atoms with Crippen molar-refractivity contribution in [2.45, 2.75) is 4.90 Å². The van der Waals surface area contributed by atoms with Crippen LogP contribution in [0, 0.1) is 0 Å². The second-order valence-corrected chi connectivity index (χ2v) is 4.56. The van der Waals surface area contributed by atoms with Crippen molar-refractivity contribution in [3.05, 3.63) is 36.4 Å². The van der Waals surface area contributed by atoms with Gasteiger partial charge >= 0.3 is 10.2 Å². The lowest BCUT2D eigenvalue weighted by Gasteiger charge is -2.06. The highest BCUT2D eigenvalue weighted by atomic mass is 32.3. The first-order valence-electron chi connectivity index (χ1n) is 4.54. The Kier molecular flexibility index (Phi) is 2.55. The van der Waals surface area contributed by atoms with E-state index in [2.05, 4.69) is 0 Å². The summed E-state index contributed by atoms with van der Waals surface area (Å²) in [7, 11) is -3.23. The Hall–Kier alpha value is -1.62. The average Bonchev–Trinajstić information content (AvgIpc) is 2.26. The van der Waals surface area contributed by atoms with Crippen LogP contribution in [0.25, 0.3) is 10.8 Å². The van der Waals surface area contributed by atoms with Crippen LogP contribution in [-0.2, 0) is 10.2 Å². The van der Waals surface area contributed by atoms with Crippen LogP contribution in [0.3, 0.4) is 0 Å². The molecule has 0 saturated carbocycles. The van der Waals surface area contributed by atoms with E-state index in [0.717, 1.165) is 0 Å². The standard InChI is InChI=1S/C11H9FO3S/c1-15-10-6-2-5-9-8(10)4-3-7-11(9)16(12,13)14/h2-7H,1H3. The van der Waals surface area contributed by atoms with E-state index >= 15 is 0 Å². The van der Waals surface area contributed by atoms with Gasteiger partial charge in [-0.15, -0.1) is 3.89 Å². The third-order valence-electron chi connectivity index (χ3n) is 2.32. The lowest BCUT2D eigenvalue weighted by atomic mass is 10.1. The molecule has 0 fully saturated rings. The highest BCUT2D eigenvalue weighted by molar-refractivity contribution is 7.86. The minimum absolute atomic E-state index is 0.323. The molecule has 0 bridgehead atoms. The predicted molar refractivity (Wildman–Crippen MR) is 58.8 cm³/mol. The van der Waals surface area contributed by atoms with E-state index in [1.165, 1.54) is 19.2 Å². The van der Waals surface area contributed by atoms with Crippen molar-refractivity contribution in [1.29, 1.82) is 0 Å². The maximum Gasteiger partial charge on any atom is 0.332 e. The summed E-state index contributed by atoms with van der Waals surface area (Å²) < 4.78 is 40.0. The topological polar surface area (TPSA) is 43.4 Å². The molecule has 2 aromatic rings. The van der Waals surface area contributed by atoms with E-state index in [1.54, 1.807) is 24.3 Å². The molecule has 3 nitrogen and oxygen atoms in total. The van der Waals surface area contributed by atoms with E-state index < -0.39 is 10.2 Å². The Morgan fingerprint density at radius 2 is 1.69 bits per heavy atom. The normalized spacial score (nSPS) is 11.6. The minimum atomic E-state index is -4.71. The Bertz CT molecular complexity index is 635. The predicted octanol–water partition coefficient (Wildman–Crippen LogP) is 2.51. The van der Waals surface area contributed by atoms with Crippen LogP contribution in [0.2, 0.25) is 0 Å². The van der Waals surface area contributed by atoms with E-state index in [-0.39, 0.29) is 4.90 Å². The molecule has 16 heavy (non-hydrogen) atoms. The first-order chi connectivity index (χ1) is 7.54. The van der Waals surface area contributed by atoms with Crippen LogP contribution in [0.15, 0.2) is 41.3 Å². The van der Waals surface area contributed by atoms with Gasteiger partial charge in [-0.3, -0.25) is 0 Å². The molecule has 0 amide bonds. The molecule has 84 valence electrons. The van der Waals surface area contributed by atoms with Gasteiger partial charge in [0.1, 0.15) is 10.6 Å². The molecule has 0 aromatic heterocycles. The zero-order chi connectivity index (χ0) is 11.8. The van der Waals surface area contributed by atoms with Crippen molar-refractivity contribution in [2.75, 3.05) is 7.11 Å². The summed E-state index contributed by atoms with van der Waals surface area (Å²) in [4.78, 5) is -0.330. The molecule has 0 saturated heterocycles. The summed E-state index contributed by atoms with van der Waals surface area (Å²) in [6.45, 7) is 0. The van der Waals surface area contributed by atoms with Crippen molar-refractivity contribution in [1.82, 2.24) is 0 Å². The van der Waals surface area contributed by atoms with Gasteiger partial charge in [0, 0.05) is 10.8 Å². The average molecular weight is 240 g/mol. The maximum atomic E-state index is 13.0. The van der Waals surface area contributed by atoms with Gasteiger partial charge < -0.3 is 4.74 Å². The molecule has 0 aliphatic carbocycles. The fourth-order valence-electron chi connectivity index (χ4n) is 1.64. The van der Waals surface area contributed by atoms with Gasteiger partial charge in [-0.25, -0.2) is 0 Å². The molecule has 0 radical (unpaired) electrons. The highest BCUT2D eigenvalue weighted by Crippen LogP contribution is 2.30. The number of rotatable bonds is 2. The Morgan fingerprint density at radius 1 is 1.06 bits per heavy atom. The Balaban J connectivity index is 2.90. The summed E-state index contributed by atoms with van der Waals surface area (Å²) in [6.07, 6.45) is 0. The van der Waals surface area contributed by atoms with Crippen LogP contribution in [-0.4, -0.2) is 15.5 Å². The first kappa shape index (κ1) is 10.9. The quantitative estimate of drug-likeness (QED) is 0.757. The van der Waals surface area contributed by atoms with E-state index in [9.17, 15) is 12.3 Å². The van der Waals surface area contributed by atoms with Gasteiger partial charge in [0.2, 0.25) is 0 Å². The number of methoxy groups -OCH3 is 1. The summed E-state index contributed by atoms with van der Waals surface area (Å²) >= 11 is 0. The number of hydrogen-bond acceptors (Lipinski definition) is 3. The van der Waals surface area contributed by atoms with Crippen molar-refractivity contribution < 1.29 is 17.0 Å². The summed E-state index contributed by atoms with van der Waals surface area (Å²) in [5.74, 6) is 0.517. The fraction of sp³-hybridized carbons (Fsp3) is 0.0909. The lowest BCUT2D eigenvalue weighted by molar-refractivity contribution is 0.420. The van der Waals surface area contributed by atoms with Crippen molar-refractivity contribution >= 4 is 21.0 Å². The third-order valence-corrected chi connectivity index (χ3v) is 3.21. The summed E-state index contributed by atoms with van der Waals surface area (Å²) in [5.41, 5.74) is 0. The number of halogens is 1. The van der Waals surface area contributed by atoms with Gasteiger partial charge in [0.15, 0.2) is 0 Å². The first-order valence-corrected chi connectivity index (χ1v) is 5.93. The smallest absolute Gasteiger partial charge is 0.332 e. The van der Waals surface area contributed by atoms with Gasteiger partial charge in [0.25, 0.3) is 0 Å². The van der Waals surface area contributed by atoms with Crippen LogP contribution in [0.5, 0.6) is 5.75 Å². The van der Waals surface area contributed by atoms with Crippen LogP contribution in [0.4, 0.5) is 3.89 Å². The third kappa shape index (κ3) is 1.74. The van der Waals surface area contributed by atoms with Crippen LogP contribution >= 0.6 is 0 Å². The number of ether oxygens (including phenoxy) is 1. The summed E-state index contributed by atoms with van der Waals surface area (Å²) in [5, 5.41) is 0.896. The molecule has 5 heteroatoms. The van der Waals surface area contributed by atoms with E-state index in [0.29, 0.717) is 16.5 Å². The Labute approximate surface area is 92.7 Å². The molecule has 0 unspecified atom stereocenters. The number of fused-ring (bicyclic) bond motifs is 1. The van der Waals surface area contributed by atoms with Crippen molar-refractivity contribution in [3.8, 4) is 5.75 Å². The van der Waals surface area contributed by atoms with E-state index in [1.807, 2.05) is 0 Å². The highest BCUT2D eigenvalue weighted by Gasteiger charge is 2.16. The van der Waals surface area contributed by atoms with E-state index in [4.69, 9.17) is 4.74 Å². The minimum Gasteiger partial charge on any atom is -0.496 e. The molecular formula is C11H9FO3S. The number of benzene rings is 2. The Morgan fingerprint density at radius 3 is 2.31 bits per heavy atom. The van der Waals surface area contributed by atoms with Crippen molar-refractivity contribution in [3.63, 3.8) is 0 Å². The van der Waals surface area contributed by atoms with Gasteiger partial charge in [-0.1, -0.05) is 24.3 Å². The zero-order valence-corrected chi connectivity index (χ0v) is 9.29. The molecule has 0 N–H and O–H groups in total. The fourth-order valence-corrected chi connectivity index (χ4v) is 2.32. The SMILES string of the molecule is COc1cccc2c(S(=O)(=O)F)cccc12. The summed E-state index contributed by atoms with van der Waals surface area (Å²) in [6, 6.07) is 9.26.